The van der Waals surface area contributed by atoms with E-state index < -0.39 is 11.7 Å². The number of thiocarbonyl (C=S) groups is 1. The maximum Gasteiger partial charge on any atom is 0.418 e. The van der Waals surface area contributed by atoms with E-state index in [0.717, 1.165) is 6.07 Å². The number of rotatable bonds is 3. The number of hydrogen-bond donors (Lipinski definition) is 2. The second-order valence-corrected chi connectivity index (χ2v) is 6.35. The molecule has 1 aromatic carbocycles. The van der Waals surface area contributed by atoms with Crippen LogP contribution in [0.4, 0.5) is 18.9 Å². The van der Waals surface area contributed by atoms with Crippen molar-refractivity contribution in [3.8, 4) is 0 Å². The maximum atomic E-state index is 12.9. The van der Waals surface area contributed by atoms with Crippen LogP contribution in [0.2, 0.25) is 5.15 Å². The zero-order valence-electron chi connectivity index (χ0n) is 12.2. The number of nitrogens with zero attached hydrogens (tertiary/aromatic N) is 3. The highest BCUT2D eigenvalue weighted by molar-refractivity contribution is 7.80. The molecule has 0 aliphatic rings. The Hall–Kier alpha value is -2.17. The maximum absolute atomic E-state index is 12.9. The van der Waals surface area contributed by atoms with Crippen LogP contribution in [0.15, 0.2) is 40.9 Å². The van der Waals surface area contributed by atoms with Crippen LogP contribution < -0.4 is 10.7 Å². The number of halogens is 4. The summed E-state index contributed by atoms with van der Waals surface area (Å²) >= 11 is 12.4. The van der Waals surface area contributed by atoms with E-state index in [0.29, 0.717) is 10.7 Å². The molecule has 3 aromatic rings. The Morgan fingerprint density at radius 1 is 1.36 bits per heavy atom. The molecule has 25 heavy (non-hydrogen) atoms. The van der Waals surface area contributed by atoms with Crippen molar-refractivity contribution in [2.24, 2.45) is 5.10 Å². The smallest absolute Gasteiger partial charge is 0.331 e. The average molecular weight is 404 g/mol. The number of anilines is 1. The predicted molar refractivity (Wildman–Crippen MR) is 96.5 cm³/mol. The molecule has 2 N–H and O–H groups in total. The van der Waals surface area contributed by atoms with Gasteiger partial charge in [0.1, 0.15) is 5.69 Å². The minimum atomic E-state index is -4.49. The third kappa shape index (κ3) is 3.91. The Balaban J connectivity index is 1.70. The van der Waals surface area contributed by atoms with Gasteiger partial charge in [0.25, 0.3) is 0 Å². The van der Waals surface area contributed by atoms with Gasteiger partial charge in [-0.3, -0.25) is 9.83 Å². The molecule has 0 amide bonds. The lowest BCUT2D eigenvalue weighted by atomic mass is 10.2. The molecule has 11 heteroatoms. The van der Waals surface area contributed by atoms with Gasteiger partial charge >= 0.3 is 6.18 Å². The standard InChI is InChI=1S/C14H9ClF3N5S2/c15-11-10(23-5-6-25-13(23)21-11)7-19-22-12(24)20-9-4-2-1-3-8(9)14(16,17)18/h1-7H,(H2,20,22,24)/b19-7-. The van der Waals surface area contributed by atoms with E-state index in [2.05, 4.69) is 20.8 Å². The summed E-state index contributed by atoms with van der Waals surface area (Å²) in [6, 6.07) is 5.02. The summed E-state index contributed by atoms with van der Waals surface area (Å²) in [5.41, 5.74) is 2.01. The molecule has 3 rings (SSSR count). The number of aromatic nitrogens is 2. The monoisotopic (exact) mass is 403 g/mol. The van der Waals surface area contributed by atoms with Crippen molar-refractivity contribution in [1.29, 1.82) is 0 Å². The Bertz CT molecular complexity index is 947. The molecule has 0 atom stereocenters. The summed E-state index contributed by atoms with van der Waals surface area (Å²) in [6.45, 7) is 0. The molecule has 0 unspecified atom stereocenters. The zero-order valence-corrected chi connectivity index (χ0v) is 14.6. The van der Waals surface area contributed by atoms with Crippen molar-refractivity contribution in [1.82, 2.24) is 14.8 Å². The third-order valence-electron chi connectivity index (χ3n) is 3.09. The van der Waals surface area contributed by atoms with Crippen LogP contribution in [0.25, 0.3) is 4.96 Å². The van der Waals surface area contributed by atoms with Crippen molar-refractivity contribution >= 4 is 57.1 Å². The second kappa shape index (κ2) is 6.98. The van der Waals surface area contributed by atoms with Crippen LogP contribution in [-0.4, -0.2) is 20.7 Å². The minimum absolute atomic E-state index is 0.0878. The average Bonchev–Trinajstić information content (AvgIpc) is 3.09. The molecule has 0 radical (unpaired) electrons. The molecular weight excluding hydrogens is 395 g/mol. The first-order valence-electron chi connectivity index (χ1n) is 6.73. The Labute approximate surface area is 154 Å². The Morgan fingerprint density at radius 2 is 2.12 bits per heavy atom. The van der Waals surface area contributed by atoms with Crippen molar-refractivity contribution < 1.29 is 13.2 Å². The van der Waals surface area contributed by atoms with Gasteiger partial charge in [-0.2, -0.15) is 18.3 Å². The molecule has 0 saturated carbocycles. The fourth-order valence-corrected chi connectivity index (χ4v) is 3.19. The molecule has 2 heterocycles. The third-order valence-corrected chi connectivity index (χ3v) is 4.32. The van der Waals surface area contributed by atoms with E-state index in [-0.39, 0.29) is 16.0 Å². The number of fused-ring (bicyclic) bond motifs is 1. The molecular formula is C14H9ClF3N5S2. The van der Waals surface area contributed by atoms with Crippen molar-refractivity contribution in [2.75, 3.05) is 5.32 Å². The predicted octanol–water partition coefficient (Wildman–Crippen LogP) is 4.39. The van der Waals surface area contributed by atoms with Gasteiger partial charge in [-0.15, -0.1) is 11.3 Å². The Morgan fingerprint density at radius 3 is 2.88 bits per heavy atom. The first-order chi connectivity index (χ1) is 11.9. The number of thiazole rings is 1. The normalized spacial score (nSPS) is 12.0. The molecule has 0 bridgehead atoms. The van der Waals surface area contributed by atoms with E-state index >= 15 is 0 Å². The number of hydrogen-bond acceptors (Lipinski definition) is 4. The fraction of sp³-hybridized carbons (Fsp3) is 0.0714. The van der Waals surface area contributed by atoms with E-state index in [1.54, 1.807) is 10.6 Å². The Kier molecular flexibility index (Phi) is 4.93. The van der Waals surface area contributed by atoms with E-state index in [9.17, 15) is 13.2 Å². The molecule has 130 valence electrons. The number of imidazole rings is 1. The van der Waals surface area contributed by atoms with Crippen LogP contribution in [0.3, 0.4) is 0 Å². The van der Waals surface area contributed by atoms with Crippen LogP contribution >= 0.6 is 35.2 Å². The number of hydrazone groups is 1. The lowest BCUT2D eigenvalue weighted by Gasteiger charge is -2.14. The van der Waals surface area contributed by atoms with Gasteiger partial charge in [-0.1, -0.05) is 23.7 Å². The second-order valence-electron chi connectivity index (χ2n) is 4.71. The van der Waals surface area contributed by atoms with E-state index in [4.69, 9.17) is 23.8 Å². The largest absolute Gasteiger partial charge is 0.418 e. The van der Waals surface area contributed by atoms with Gasteiger partial charge in [0, 0.05) is 11.6 Å². The van der Waals surface area contributed by atoms with Crippen molar-refractivity contribution in [3.05, 3.63) is 52.3 Å². The molecule has 2 aromatic heterocycles. The van der Waals surface area contributed by atoms with Crippen molar-refractivity contribution in [2.45, 2.75) is 6.18 Å². The minimum Gasteiger partial charge on any atom is -0.331 e. The molecule has 0 spiro atoms. The lowest BCUT2D eigenvalue weighted by molar-refractivity contribution is -0.136. The fourth-order valence-electron chi connectivity index (χ4n) is 2.03. The first-order valence-corrected chi connectivity index (χ1v) is 8.40. The number of nitrogens with one attached hydrogen (secondary N) is 2. The van der Waals surface area contributed by atoms with Crippen LogP contribution in [0.5, 0.6) is 0 Å². The lowest BCUT2D eigenvalue weighted by Crippen LogP contribution is -2.25. The summed E-state index contributed by atoms with van der Waals surface area (Å²) in [5.74, 6) is 0. The number of alkyl halides is 3. The van der Waals surface area contributed by atoms with Gasteiger partial charge in [0.15, 0.2) is 15.2 Å². The SMILES string of the molecule is FC(F)(F)c1ccccc1NC(=S)N/N=C\c1c(Cl)nc2sccn12. The molecule has 0 fully saturated rings. The van der Waals surface area contributed by atoms with Crippen molar-refractivity contribution in [3.63, 3.8) is 0 Å². The van der Waals surface area contributed by atoms with Gasteiger partial charge in [0.05, 0.1) is 17.5 Å². The highest BCUT2D eigenvalue weighted by Gasteiger charge is 2.33. The number of para-hydroxylation sites is 1. The molecule has 0 aliphatic carbocycles. The highest BCUT2D eigenvalue weighted by atomic mass is 35.5. The van der Waals surface area contributed by atoms with Gasteiger partial charge < -0.3 is 5.32 Å². The summed E-state index contributed by atoms with van der Waals surface area (Å²) in [6.07, 6.45) is -1.33. The van der Waals surface area contributed by atoms with Crippen LogP contribution in [0.1, 0.15) is 11.3 Å². The number of benzene rings is 1. The summed E-state index contributed by atoms with van der Waals surface area (Å²) in [5, 5.41) is 8.38. The molecule has 5 nitrogen and oxygen atoms in total. The van der Waals surface area contributed by atoms with Crippen LogP contribution in [0, 0.1) is 0 Å². The van der Waals surface area contributed by atoms with Crippen LogP contribution in [-0.2, 0) is 6.18 Å². The zero-order chi connectivity index (χ0) is 18.0. The summed E-state index contributed by atoms with van der Waals surface area (Å²) < 4.78 is 40.6. The first kappa shape index (κ1) is 17.6. The van der Waals surface area contributed by atoms with E-state index in [1.165, 1.54) is 35.8 Å². The van der Waals surface area contributed by atoms with Gasteiger partial charge in [-0.05, 0) is 24.4 Å². The molecule has 0 saturated heterocycles. The summed E-state index contributed by atoms with van der Waals surface area (Å²) in [7, 11) is 0. The quantitative estimate of drug-likeness (QED) is 0.387. The van der Waals surface area contributed by atoms with Gasteiger partial charge in [-0.25, -0.2) is 4.98 Å². The topological polar surface area (TPSA) is 53.7 Å². The molecule has 0 aliphatic heterocycles. The van der Waals surface area contributed by atoms with E-state index in [1.807, 2.05) is 5.38 Å². The summed E-state index contributed by atoms with van der Waals surface area (Å²) in [4.78, 5) is 4.83. The van der Waals surface area contributed by atoms with Gasteiger partial charge in [0.2, 0.25) is 0 Å². The highest BCUT2D eigenvalue weighted by Crippen LogP contribution is 2.34.